The Balaban J connectivity index is 1.63. The number of non-ortho nitro benzene ring substituents is 1. The van der Waals surface area contributed by atoms with Gasteiger partial charge in [-0.05, 0) is 0 Å². The Morgan fingerprint density at radius 3 is 2.34 bits per heavy atom. The Kier molecular flexibility index (Phi) is 6.44. The van der Waals surface area contributed by atoms with Crippen molar-refractivity contribution in [2.24, 2.45) is 0 Å². The number of hydrogen-bond acceptors (Lipinski definition) is 5. The summed E-state index contributed by atoms with van der Waals surface area (Å²) in [7, 11) is 1.62. The van der Waals surface area contributed by atoms with E-state index in [0.29, 0.717) is 10.3 Å². The number of nitrogens with zero attached hydrogens (tertiary/aromatic N) is 2. The zero-order valence-electron chi connectivity index (χ0n) is 17.1. The molecule has 0 aliphatic heterocycles. The Bertz CT molecular complexity index is 1240. The fraction of sp³-hybridized carbons (Fsp3) is 0.0833. The van der Waals surface area contributed by atoms with E-state index >= 15 is 0 Å². The number of anilines is 1. The number of benzene rings is 3. The van der Waals surface area contributed by atoms with Gasteiger partial charge in [-0.3, -0.25) is 0 Å². The molecule has 0 saturated heterocycles. The average Bonchev–Trinajstić information content (AvgIpc) is 3.21. The Morgan fingerprint density at radius 2 is 1.72 bits per heavy atom. The van der Waals surface area contributed by atoms with Gasteiger partial charge in [0.1, 0.15) is 0 Å². The zero-order valence-corrected chi connectivity index (χ0v) is 18.9. The van der Waals surface area contributed by atoms with E-state index in [1.807, 2.05) is 42.5 Å². The van der Waals surface area contributed by atoms with E-state index in [9.17, 15) is 14.9 Å². The molecule has 0 fully saturated rings. The zero-order chi connectivity index (χ0) is 22.5. The minimum atomic E-state index is -0.493. The summed E-state index contributed by atoms with van der Waals surface area (Å²) in [6, 6.07) is 23.3. The molecule has 0 bridgehead atoms. The summed E-state index contributed by atoms with van der Waals surface area (Å²) in [6.45, 7) is 0. The number of nitro groups is 1. The van der Waals surface area contributed by atoms with Gasteiger partial charge in [-0.25, -0.2) is 0 Å². The van der Waals surface area contributed by atoms with Crippen molar-refractivity contribution in [3.05, 3.63) is 105 Å². The van der Waals surface area contributed by atoms with Crippen LogP contribution in [0.5, 0.6) is 5.75 Å². The molecular formula is C24H19N3O4Se. The van der Waals surface area contributed by atoms with Crippen LogP contribution in [0.4, 0.5) is 10.4 Å². The monoisotopic (exact) mass is 493 g/mol. The topological polar surface area (TPSA) is 94.4 Å². The standard InChI is InChI=1S/C24H19N3O4Se/c1-31-20-13-9-17(10-14-20)22-21(15-16-5-3-2-4-6-16)32-24(25-22)26-23(28)18-7-11-19(12-8-18)27(29)30/h2-14H,15H2,1H3,(H,25,26,28). The number of amides is 1. The first-order valence-electron chi connectivity index (χ1n) is 9.77. The summed E-state index contributed by atoms with van der Waals surface area (Å²) in [5.41, 5.74) is 3.27. The van der Waals surface area contributed by atoms with Crippen LogP contribution in [0.3, 0.4) is 0 Å². The molecule has 160 valence electrons. The van der Waals surface area contributed by atoms with Crippen molar-refractivity contribution >= 4 is 30.8 Å². The fourth-order valence-corrected chi connectivity index (χ4v) is 5.31. The van der Waals surface area contributed by atoms with Crippen LogP contribution in [-0.2, 0) is 6.42 Å². The second-order valence-electron chi connectivity index (χ2n) is 6.94. The van der Waals surface area contributed by atoms with Crippen LogP contribution in [0, 0.1) is 10.1 Å². The summed E-state index contributed by atoms with van der Waals surface area (Å²) in [6.07, 6.45) is 0.739. The maximum atomic E-state index is 12.7. The van der Waals surface area contributed by atoms with Crippen molar-refractivity contribution in [1.29, 1.82) is 0 Å². The van der Waals surface area contributed by atoms with E-state index in [1.165, 1.54) is 29.8 Å². The maximum absolute atomic E-state index is 12.7. The van der Waals surface area contributed by atoms with Crippen molar-refractivity contribution in [2.75, 3.05) is 12.4 Å². The molecule has 0 unspecified atom stereocenters. The Hall–Kier alpha value is -3.74. The molecule has 3 aromatic carbocycles. The van der Waals surface area contributed by atoms with Gasteiger partial charge in [0.15, 0.2) is 0 Å². The van der Waals surface area contributed by atoms with Crippen LogP contribution in [0.1, 0.15) is 20.4 Å². The number of carbonyl (C=O) groups is 1. The van der Waals surface area contributed by atoms with Gasteiger partial charge in [0.2, 0.25) is 0 Å². The first-order valence-corrected chi connectivity index (χ1v) is 11.5. The summed E-state index contributed by atoms with van der Waals surface area (Å²) < 4.78 is 7.02. The molecule has 4 aromatic rings. The van der Waals surface area contributed by atoms with Crippen molar-refractivity contribution in [3.63, 3.8) is 0 Å². The van der Waals surface area contributed by atoms with Gasteiger partial charge < -0.3 is 0 Å². The van der Waals surface area contributed by atoms with Gasteiger partial charge in [-0.1, -0.05) is 0 Å². The summed E-state index contributed by atoms with van der Waals surface area (Å²) in [4.78, 5) is 27.8. The van der Waals surface area contributed by atoms with Crippen LogP contribution in [-0.4, -0.2) is 37.4 Å². The summed E-state index contributed by atoms with van der Waals surface area (Å²) in [5, 5.41) is 13.7. The number of aromatic nitrogens is 1. The molecule has 1 amide bonds. The first-order chi connectivity index (χ1) is 15.5. The number of nitrogens with one attached hydrogen (secondary N) is 1. The molecule has 0 spiro atoms. The third-order valence-electron chi connectivity index (χ3n) is 4.83. The first kappa shape index (κ1) is 21.5. The summed E-state index contributed by atoms with van der Waals surface area (Å²) in [5.74, 6) is 0.425. The number of ether oxygens (including phenoxy) is 1. The van der Waals surface area contributed by atoms with Gasteiger partial charge in [-0.2, -0.15) is 0 Å². The normalized spacial score (nSPS) is 10.5. The molecule has 7 nitrogen and oxygen atoms in total. The molecule has 4 rings (SSSR count). The molecule has 0 radical (unpaired) electrons. The van der Waals surface area contributed by atoms with Crippen molar-refractivity contribution in [2.45, 2.75) is 6.42 Å². The number of hydrogen-bond donors (Lipinski definition) is 1. The second kappa shape index (κ2) is 9.60. The molecule has 0 atom stereocenters. The Morgan fingerprint density at radius 1 is 1.03 bits per heavy atom. The van der Waals surface area contributed by atoms with Crippen molar-refractivity contribution < 1.29 is 14.5 Å². The predicted molar refractivity (Wildman–Crippen MR) is 123 cm³/mol. The van der Waals surface area contributed by atoms with Crippen molar-refractivity contribution in [3.8, 4) is 17.0 Å². The van der Waals surface area contributed by atoms with Gasteiger partial charge in [0.05, 0.1) is 0 Å². The fourth-order valence-electron chi connectivity index (χ4n) is 3.18. The average molecular weight is 492 g/mol. The van der Waals surface area contributed by atoms with E-state index in [0.717, 1.165) is 27.9 Å². The third kappa shape index (κ3) is 4.94. The molecule has 1 aromatic heterocycles. The molecule has 0 aliphatic rings. The van der Waals surface area contributed by atoms with Crippen molar-refractivity contribution in [1.82, 2.24) is 4.98 Å². The minimum absolute atomic E-state index is 0.0578. The molecular weight excluding hydrogens is 473 g/mol. The number of nitro benzene ring substituents is 1. The molecule has 1 N–H and O–H groups in total. The quantitative estimate of drug-likeness (QED) is 0.232. The molecule has 1 heterocycles. The van der Waals surface area contributed by atoms with E-state index < -0.39 is 4.92 Å². The number of methoxy groups -OCH3 is 1. The van der Waals surface area contributed by atoms with Crippen LogP contribution in [0.2, 0.25) is 0 Å². The van der Waals surface area contributed by atoms with E-state index in [1.54, 1.807) is 7.11 Å². The van der Waals surface area contributed by atoms with Gasteiger partial charge in [0.25, 0.3) is 0 Å². The van der Waals surface area contributed by atoms with Gasteiger partial charge in [-0.15, -0.1) is 0 Å². The van der Waals surface area contributed by atoms with Crippen LogP contribution >= 0.6 is 0 Å². The molecule has 0 saturated carbocycles. The number of rotatable bonds is 7. The molecule has 0 aliphatic carbocycles. The second-order valence-corrected chi connectivity index (χ2v) is 9.21. The molecule has 32 heavy (non-hydrogen) atoms. The third-order valence-corrected chi connectivity index (χ3v) is 6.87. The van der Waals surface area contributed by atoms with E-state index in [4.69, 9.17) is 9.72 Å². The Labute approximate surface area is 190 Å². The predicted octanol–water partition coefficient (Wildman–Crippen LogP) is 4.57. The SMILES string of the molecule is COc1ccc(-c2nc(NC(=O)c3ccc([N+](=O)[O-])cc3)[se]c2Cc2ccccc2)cc1. The summed E-state index contributed by atoms with van der Waals surface area (Å²) >= 11 is -0.165. The van der Waals surface area contributed by atoms with Gasteiger partial charge in [0, 0.05) is 0 Å². The van der Waals surface area contributed by atoms with Crippen LogP contribution < -0.4 is 10.1 Å². The molecule has 8 heteroatoms. The van der Waals surface area contributed by atoms with Crippen LogP contribution in [0.15, 0.2) is 78.9 Å². The van der Waals surface area contributed by atoms with E-state index in [2.05, 4.69) is 17.4 Å². The van der Waals surface area contributed by atoms with Crippen LogP contribution in [0.25, 0.3) is 11.3 Å². The van der Waals surface area contributed by atoms with Gasteiger partial charge >= 0.3 is 191 Å². The van der Waals surface area contributed by atoms with E-state index in [-0.39, 0.29) is 26.1 Å². The number of carbonyl (C=O) groups excluding carboxylic acids is 1.